The lowest BCUT2D eigenvalue weighted by atomic mass is 10.0. The van der Waals surface area contributed by atoms with Gasteiger partial charge in [0.25, 0.3) is 0 Å². The van der Waals surface area contributed by atoms with E-state index in [0.29, 0.717) is 18.1 Å². The zero-order valence-electron chi connectivity index (χ0n) is 18.2. The van der Waals surface area contributed by atoms with Crippen LogP contribution in [0.2, 0.25) is 0 Å². The van der Waals surface area contributed by atoms with E-state index in [1.165, 1.54) is 51.9 Å². The van der Waals surface area contributed by atoms with Crippen molar-refractivity contribution in [1.29, 1.82) is 0 Å². The maximum Gasteiger partial charge on any atom is 0.0603 e. The van der Waals surface area contributed by atoms with E-state index in [4.69, 9.17) is 9.47 Å². The minimum Gasteiger partial charge on any atom is -0.380 e. The third-order valence-corrected chi connectivity index (χ3v) is 4.59. The molecule has 0 bridgehead atoms. The second kappa shape index (κ2) is 16.0. The van der Waals surface area contributed by atoms with E-state index in [-0.39, 0.29) is 0 Å². The number of nitrogens with zero attached hydrogens (tertiary/aromatic N) is 2. The van der Waals surface area contributed by atoms with Crippen molar-refractivity contribution in [3.8, 4) is 0 Å². The molecule has 25 heavy (non-hydrogen) atoms. The minimum absolute atomic E-state index is 0.492. The van der Waals surface area contributed by atoms with Gasteiger partial charge < -0.3 is 19.3 Å². The molecule has 4 heteroatoms. The van der Waals surface area contributed by atoms with Crippen LogP contribution in [0.4, 0.5) is 0 Å². The van der Waals surface area contributed by atoms with Crippen LogP contribution in [0.1, 0.15) is 67.2 Å². The molecule has 0 spiro atoms. The Bertz CT molecular complexity index is 271. The first-order chi connectivity index (χ1) is 12.1. The Morgan fingerprint density at radius 3 is 1.80 bits per heavy atom. The molecule has 2 rings (SSSR count). The van der Waals surface area contributed by atoms with Crippen molar-refractivity contribution in [2.45, 2.75) is 79.4 Å². The van der Waals surface area contributed by atoms with E-state index in [0.717, 1.165) is 19.8 Å². The standard InChI is InChI=1S/C17H34N2O2.2C2H6/c1-15(2)14-20-13-12-19-10-6-17(7-11-19)21-16-4-8-18(3)9-5-16;2*1-2/h15-17H,4-14H2,1-3H3;2*1-2H3. The first kappa shape index (κ1) is 24.8. The van der Waals surface area contributed by atoms with E-state index < -0.39 is 0 Å². The molecule has 4 nitrogen and oxygen atoms in total. The molecule has 0 saturated carbocycles. The Morgan fingerprint density at radius 1 is 0.840 bits per heavy atom. The molecule has 152 valence electrons. The summed E-state index contributed by atoms with van der Waals surface area (Å²) in [6.07, 6.45) is 5.80. The van der Waals surface area contributed by atoms with E-state index in [9.17, 15) is 0 Å². The van der Waals surface area contributed by atoms with Crippen LogP contribution in [0.15, 0.2) is 0 Å². The van der Waals surface area contributed by atoms with Crippen LogP contribution >= 0.6 is 0 Å². The molecule has 2 heterocycles. The Hall–Kier alpha value is -0.160. The first-order valence-corrected chi connectivity index (χ1v) is 10.8. The Morgan fingerprint density at radius 2 is 1.32 bits per heavy atom. The van der Waals surface area contributed by atoms with Gasteiger partial charge in [0.15, 0.2) is 0 Å². The summed E-state index contributed by atoms with van der Waals surface area (Å²) >= 11 is 0. The van der Waals surface area contributed by atoms with Crippen LogP contribution in [0.3, 0.4) is 0 Å². The fraction of sp³-hybridized carbons (Fsp3) is 1.00. The molecule has 0 aromatic heterocycles. The molecular formula is C21H46N2O2. The number of likely N-dealkylation sites (tertiary alicyclic amines) is 2. The van der Waals surface area contributed by atoms with Gasteiger partial charge in [-0.05, 0) is 38.6 Å². The molecule has 0 aliphatic carbocycles. The molecule has 0 atom stereocenters. The fourth-order valence-corrected chi connectivity index (χ4v) is 3.17. The fourth-order valence-electron chi connectivity index (χ4n) is 3.17. The summed E-state index contributed by atoms with van der Waals surface area (Å²) < 4.78 is 12.0. The van der Waals surface area contributed by atoms with Crippen LogP contribution in [0, 0.1) is 5.92 Å². The summed E-state index contributed by atoms with van der Waals surface area (Å²) in [6.45, 7) is 20.0. The van der Waals surface area contributed by atoms with Gasteiger partial charge in [0.05, 0.1) is 18.8 Å². The maximum atomic E-state index is 6.30. The summed E-state index contributed by atoms with van der Waals surface area (Å²) in [5.74, 6) is 0.638. The summed E-state index contributed by atoms with van der Waals surface area (Å²) in [6, 6.07) is 0. The summed E-state index contributed by atoms with van der Waals surface area (Å²) in [7, 11) is 2.20. The normalized spacial score (nSPS) is 20.6. The summed E-state index contributed by atoms with van der Waals surface area (Å²) in [4.78, 5) is 4.93. The number of ether oxygens (including phenoxy) is 2. The molecule has 0 aromatic carbocycles. The Labute approximate surface area is 158 Å². The highest BCUT2D eigenvalue weighted by Crippen LogP contribution is 2.20. The smallest absolute Gasteiger partial charge is 0.0603 e. The van der Waals surface area contributed by atoms with Crippen LogP contribution in [-0.2, 0) is 9.47 Å². The molecule has 2 aliphatic rings. The molecule has 2 saturated heterocycles. The lowest BCUT2D eigenvalue weighted by Gasteiger charge is -2.36. The van der Waals surface area contributed by atoms with Gasteiger partial charge in [-0.15, -0.1) is 0 Å². The van der Waals surface area contributed by atoms with Gasteiger partial charge in [-0.25, -0.2) is 0 Å². The third-order valence-electron chi connectivity index (χ3n) is 4.59. The third kappa shape index (κ3) is 12.0. The highest BCUT2D eigenvalue weighted by molar-refractivity contribution is 4.76. The Kier molecular flexibility index (Phi) is 15.9. The van der Waals surface area contributed by atoms with Gasteiger partial charge in [-0.2, -0.15) is 0 Å². The number of hydrogen-bond donors (Lipinski definition) is 0. The van der Waals surface area contributed by atoms with Crippen LogP contribution in [0.25, 0.3) is 0 Å². The molecule has 0 amide bonds. The van der Waals surface area contributed by atoms with Crippen molar-refractivity contribution in [1.82, 2.24) is 9.80 Å². The van der Waals surface area contributed by atoms with E-state index in [2.05, 4.69) is 30.7 Å². The second-order valence-electron chi connectivity index (χ2n) is 7.15. The van der Waals surface area contributed by atoms with Crippen LogP contribution in [-0.4, -0.2) is 75.0 Å². The average molecular weight is 359 g/mol. The van der Waals surface area contributed by atoms with Crippen molar-refractivity contribution in [2.75, 3.05) is 53.0 Å². The zero-order chi connectivity index (χ0) is 19.1. The molecule has 0 N–H and O–H groups in total. The van der Waals surface area contributed by atoms with Crippen LogP contribution < -0.4 is 0 Å². The molecule has 0 unspecified atom stereocenters. The Balaban J connectivity index is 0.00000134. The van der Waals surface area contributed by atoms with Crippen molar-refractivity contribution in [3.63, 3.8) is 0 Å². The first-order valence-electron chi connectivity index (χ1n) is 10.8. The van der Waals surface area contributed by atoms with Crippen LogP contribution in [0.5, 0.6) is 0 Å². The average Bonchev–Trinajstić information content (AvgIpc) is 2.65. The maximum absolute atomic E-state index is 6.30. The number of piperidine rings is 2. The monoisotopic (exact) mass is 358 g/mol. The van der Waals surface area contributed by atoms with Gasteiger partial charge in [0, 0.05) is 39.3 Å². The van der Waals surface area contributed by atoms with Gasteiger partial charge >= 0.3 is 0 Å². The lowest BCUT2D eigenvalue weighted by molar-refractivity contribution is -0.0646. The quantitative estimate of drug-likeness (QED) is 0.634. The van der Waals surface area contributed by atoms with Crippen molar-refractivity contribution in [3.05, 3.63) is 0 Å². The second-order valence-corrected chi connectivity index (χ2v) is 7.15. The molecule has 2 aliphatic heterocycles. The highest BCUT2D eigenvalue weighted by Gasteiger charge is 2.24. The lowest BCUT2D eigenvalue weighted by Crippen LogP contribution is -2.42. The van der Waals surface area contributed by atoms with E-state index in [1.54, 1.807) is 0 Å². The topological polar surface area (TPSA) is 24.9 Å². The van der Waals surface area contributed by atoms with Gasteiger partial charge in [0.2, 0.25) is 0 Å². The van der Waals surface area contributed by atoms with E-state index >= 15 is 0 Å². The van der Waals surface area contributed by atoms with Crippen molar-refractivity contribution >= 4 is 0 Å². The highest BCUT2D eigenvalue weighted by atomic mass is 16.5. The molecule has 0 radical (unpaired) electrons. The molecule has 2 fully saturated rings. The number of rotatable bonds is 7. The SMILES string of the molecule is CC.CC.CC(C)COCCN1CCC(OC2CCN(C)CC2)CC1. The summed E-state index contributed by atoms with van der Waals surface area (Å²) in [5, 5.41) is 0. The molecular weight excluding hydrogens is 312 g/mol. The van der Waals surface area contributed by atoms with Gasteiger partial charge in [-0.3, -0.25) is 0 Å². The minimum atomic E-state index is 0.492. The molecule has 0 aromatic rings. The predicted molar refractivity (Wildman–Crippen MR) is 109 cm³/mol. The summed E-state index contributed by atoms with van der Waals surface area (Å²) in [5.41, 5.74) is 0. The van der Waals surface area contributed by atoms with Crippen molar-refractivity contribution in [2.24, 2.45) is 5.92 Å². The largest absolute Gasteiger partial charge is 0.380 e. The number of hydrogen-bond acceptors (Lipinski definition) is 4. The van der Waals surface area contributed by atoms with Crippen molar-refractivity contribution < 1.29 is 9.47 Å². The zero-order valence-corrected chi connectivity index (χ0v) is 18.2. The van der Waals surface area contributed by atoms with Gasteiger partial charge in [-0.1, -0.05) is 41.5 Å². The van der Waals surface area contributed by atoms with E-state index in [1.807, 2.05) is 27.7 Å². The predicted octanol–water partition coefficient (Wildman–Crippen LogP) is 4.29. The van der Waals surface area contributed by atoms with Gasteiger partial charge in [0.1, 0.15) is 0 Å².